The highest BCUT2D eigenvalue weighted by atomic mass is 35.5. The van der Waals surface area contributed by atoms with Crippen molar-refractivity contribution in [3.8, 4) is 0 Å². The molecule has 6 nitrogen and oxygen atoms in total. The van der Waals surface area contributed by atoms with Crippen molar-refractivity contribution in [3.05, 3.63) is 11.4 Å². The molecule has 0 aliphatic carbocycles. The first kappa shape index (κ1) is 17.4. The third kappa shape index (κ3) is 4.56. The second-order valence-corrected chi connectivity index (χ2v) is 5.61. The lowest BCUT2D eigenvalue weighted by Gasteiger charge is -2.07. The molecule has 0 aliphatic heterocycles. The lowest BCUT2D eigenvalue weighted by Crippen LogP contribution is -2.32. The van der Waals surface area contributed by atoms with Crippen molar-refractivity contribution >= 4 is 22.4 Å². The van der Waals surface area contributed by atoms with Crippen LogP contribution in [0.1, 0.15) is 24.7 Å². The summed E-state index contributed by atoms with van der Waals surface area (Å²) in [5.41, 5.74) is 1.06. The van der Waals surface area contributed by atoms with Crippen molar-refractivity contribution in [3.63, 3.8) is 0 Å². The minimum absolute atomic E-state index is 0. The van der Waals surface area contributed by atoms with E-state index in [1.807, 2.05) is 0 Å². The lowest BCUT2D eigenvalue weighted by molar-refractivity contribution is 0.574. The number of rotatable bonds is 7. The van der Waals surface area contributed by atoms with E-state index in [2.05, 4.69) is 27.2 Å². The summed E-state index contributed by atoms with van der Waals surface area (Å²) in [7, 11) is -3.45. The number of aryl methyl sites for hydroxylation is 2. The Balaban J connectivity index is 0.00000289. The van der Waals surface area contributed by atoms with Gasteiger partial charge >= 0.3 is 0 Å². The number of aromatic nitrogens is 2. The first-order chi connectivity index (χ1) is 7.99. The molecule has 0 bridgehead atoms. The van der Waals surface area contributed by atoms with Gasteiger partial charge in [0.05, 0.1) is 11.4 Å². The molecule has 0 spiro atoms. The van der Waals surface area contributed by atoms with Crippen LogP contribution in [0.15, 0.2) is 4.90 Å². The van der Waals surface area contributed by atoms with Crippen molar-refractivity contribution in [2.24, 2.45) is 0 Å². The molecule has 0 radical (unpaired) electrons. The maximum atomic E-state index is 12.0. The number of H-pyrrole nitrogens is 1. The Bertz CT molecular complexity index is 439. The zero-order chi connectivity index (χ0) is 12.9. The molecule has 0 unspecified atom stereocenters. The molecule has 0 amide bonds. The van der Waals surface area contributed by atoms with E-state index in [1.165, 1.54) is 0 Å². The van der Waals surface area contributed by atoms with Crippen molar-refractivity contribution in [1.82, 2.24) is 20.2 Å². The van der Waals surface area contributed by atoms with Crippen LogP contribution < -0.4 is 10.0 Å². The predicted octanol–water partition coefficient (Wildman–Crippen LogP) is 0.726. The molecule has 0 saturated heterocycles. The molecule has 3 N–H and O–H groups in total. The Labute approximate surface area is 114 Å². The van der Waals surface area contributed by atoms with E-state index in [1.54, 1.807) is 13.8 Å². The van der Waals surface area contributed by atoms with Crippen LogP contribution in [0.2, 0.25) is 0 Å². The van der Waals surface area contributed by atoms with Gasteiger partial charge in [0.2, 0.25) is 10.0 Å². The molecule has 1 heterocycles. The number of nitrogens with one attached hydrogen (secondary N) is 3. The average Bonchev–Trinajstić information content (AvgIpc) is 2.58. The van der Waals surface area contributed by atoms with Gasteiger partial charge in [0.1, 0.15) is 4.90 Å². The normalized spacial score (nSPS) is 11.3. The molecule has 18 heavy (non-hydrogen) atoms. The zero-order valence-electron chi connectivity index (χ0n) is 10.9. The zero-order valence-corrected chi connectivity index (χ0v) is 12.5. The van der Waals surface area contributed by atoms with Crippen LogP contribution in [0.25, 0.3) is 0 Å². The summed E-state index contributed by atoms with van der Waals surface area (Å²) in [6.45, 7) is 7.34. The number of aromatic amines is 1. The van der Waals surface area contributed by atoms with Crippen LogP contribution in [-0.2, 0) is 10.0 Å². The van der Waals surface area contributed by atoms with E-state index < -0.39 is 10.0 Å². The molecule has 106 valence electrons. The second kappa shape index (κ2) is 7.73. The fourth-order valence-electron chi connectivity index (χ4n) is 1.58. The summed E-state index contributed by atoms with van der Waals surface area (Å²) in [5, 5.41) is 9.68. The fraction of sp³-hybridized carbons (Fsp3) is 0.700. The van der Waals surface area contributed by atoms with Crippen LogP contribution in [0.4, 0.5) is 0 Å². The first-order valence-electron chi connectivity index (χ1n) is 5.71. The fourth-order valence-corrected chi connectivity index (χ4v) is 2.98. The van der Waals surface area contributed by atoms with E-state index in [0.717, 1.165) is 13.0 Å². The molecule has 0 atom stereocenters. The number of hydrogen-bond acceptors (Lipinski definition) is 4. The van der Waals surface area contributed by atoms with E-state index in [9.17, 15) is 8.42 Å². The van der Waals surface area contributed by atoms with Crippen molar-refractivity contribution in [1.29, 1.82) is 0 Å². The standard InChI is InChI=1S/C10H20N4O2S.ClH/c1-4-5-11-6-7-12-17(15,16)10-8(2)13-14-9(10)3;/h11-12H,4-7H2,1-3H3,(H,13,14);1H. The number of hydrogen-bond donors (Lipinski definition) is 3. The summed E-state index contributed by atoms with van der Waals surface area (Å²) >= 11 is 0. The smallest absolute Gasteiger partial charge is 0.244 e. The Morgan fingerprint density at radius 1 is 1.22 bits per heavy atom. The van der Waals surface area contributed by atoms with Gasteiger partial charge in [-0.3, -0.25) is 5.10 Å². The van der Waals surface area contributed by atoms with Crippen LogP contribution >= 0.6 is 12.4 Å². The first-order valence-corrected chi connectivity index (χ1v) is 7.19. The molecule has 0 aliphatic rings. The van der Waals surface area contributed by atoms with Crippen molar-refractivity contribution < 1.29 is 8.42 Å². The molecular formula is C10H21ClN4O2S. The van der Waals surface area contributed by atoms with Crippen LogP contribution in [0, 0.1) is 13.8 Å². The van der Waals surface area contributed by atoms with Gasteiger partial charge in [-0.15, -0.1) is 12.4 Å². The Morgan fingerprint density at radius 2 is 1.89 bits per heavy atom. The van der Waals surface area contributed by atoms with Gasteiger partial charge in [-0.2, -0.15) is 5.10 Å². The van der Waals surface area contributed by atoms with Crippen molar-refractivity contribution in [2.75, 3.05) is 19.6 Å². The van der Waals surface area contributed by atoms with Crippen LogP contribution in [0.5, 0.6) is 0 Å². The number of nitrogens with zero attached hydrogens (tertiary/aromatic N) is 1. The molecule has 8 heteroatoms. The van der Waals surface area contributed by atoms with Crippen molar-refractivity contribution in [2.45, 2.75) is 32.1 Å². The summed E-state index contributed by atoms with van der Waals surface area (Å²) in [5.74, 6) is 0. The van der Waals surface area contributed by atoms with Gasteiger partial charge in [0, 0.05) is 13.1 Å². The molecule has 0 aromatic carbocycles. The third-order valence-corrected chi connectivity index (χ3v) is 4.07. The molecule has 0 fully saturated rings. The maximum absolute atomic E-state index is 12.0. The van der Waals surface area contributed by atoms with E-state index in [0.29, 0.717) is 24.5 Å². The summed E-state index contributed by atoms with van der Waals surface area (Å²) in [6, 6.07) is 0. The number of sulfonamides is 1. The Hall–Kier alpha value is -0.630. The van der Waals surface area contributed by atoms with Gasteiger partial charge in [0.15, 0.2) is 0 Å². The minimum Gasteiger partial charge on any atom is -0.315 e. The van der Waals surface area contributed by atoms with Gasteiger partial charge < -0.3 is 5.32 Å². The summed E-state index contributed by atoms with van der Waals surface area (Å²) in [6.07, 6.45) is 1.03. The minimum atomic E-state index is -3.45. The lowest BCUT2D eigenvalue weighted by atomic mass is 10.4. The molecule has 1 aromatic rings. The van der Waals surface area contributed by atoms with Gasteiger partial charge in [-0.1, -0.05) is 6.92 Å². The molecule has 1 rings (SSSR count). The second-order valence-electron chi connectivity index (χ2n) is 3.91. The maximum Gasteiger partial charge on any atom is 0.244 e. The Morgan fingerprint density at radius 3 is 2.39 bits per heavy atom. The van der Waals surface area contributed by atoms with Gasteiger partial charge in [0.25, 0.3) is 0 Å². The average molecular weight is 297 g/mol. The van der Waals surface area contributed by atoms with Crippen LogP contribution in [-0.4, -0.2) is 38.2 Å². The van der Waals surface area contributed by atoms with E-state index in [-0.39, 0.29) is 17.3 Å². The largest absolute Gasteiger partial charge is 0.315 e. The van der Waals surface area contributed by atoms with E-state index in [4.69, 9.17) is 0 Å². The van der Waals surface area contributed by atoms with E-state index >= 15 is 0 Å². The topological polar surface area (TPSA) is 86.9 Å². The number of halogens is 1. The summed E-state index contributed by atoms with van der Waals surface area (Å²) < 4.78 is 26.5. The predicted molar refractivity (Wildman–Crippen MR) is 73.7 cm³/mol. The Kier molecular flexibility index (Phi) is 7.46. The quantitative estimate of drug-likeness (QED) is 0.647. The third-order valence-electron chi connectivity index (χ3n) is 2.35. The van der Waals surface area contributed by atoms with Crippen LogP contribution in [0.3, 0.4) is 0 Å². The highest BCUT2D eigenvalue weighted by molar-refractivity contribution is 7.89. The highest BCUT2D eigenvalue weighted by Crippen LogP contribution is 2.15. The van der Waals surface area contributed by atoms with Gasteiger partial charge in [-0.05, 0) is 26.8 Å². The van der Waals surface area contributed by atoms with Gasteiger partial charge in [-0.25, -0.2) is 13.1 Å². The monoisotopic (exact) mass is 296 g/mol. The molecule has 0 saturated carbocycles. The summed E-state index contributed by atoms with van der Waals surface area (Å²) in [4.78, 5) is 0.257. The highest BCUT2D eigenvalue weighted by Gasteiger charge is 2.21. The molecule has 1 aromatic heterocycles. The molecular weight excluding hydrogens is 276 g/mol. The SMILES string of the molecule is CCCNCCNS(=O)(=O)c1c(C)n[nH]c1C.Cl.